The van der Waals surface area contributed by atoms with E-state index in [1.807, 2.05) is 30.3 Å². The van der Waals surface area contributed by atoms with Crippen LogP contribution in [0.5, 0.6) is 5.75 Å². The van der Waals surface area contributed by atoms with Crippen molar-refractivity contribution in [1.29, 1.82) is 0 Å². The minimum absolute atomic E-state index is 0.377. The average Bonchev–Trinajstić information content (AvgIpc) is 3.11. The maximum Gasteiger partial charge on any atom is 0.194 e. The van der Waals surface area contributed by atoms with Crippen molar-refractivity contribution >= 4 is 22.6 Å². The lowest BCUT2D eigenvalue weighted by Crippen LogP contribution is -2.23. The first-order chi connectivity index (χ1) is 13.1. The summed E-state index contributed by atoms with van der Waals surface area (Å²) < 4.78 is 5.94. The number of nitrogens with zero attached hydrogens (tertiary/aromatic N) is 3. The van der Waals surface area contributed by atoms with Crippen LogP contribution in [0.4, 0.5) is 0 Å². The number of aromatic nitrogens is 3. The van der Waals surface area contributed by atoms with E-state index in [2.05, 4.69) is 10.2 Å². The number of aliphatic hydroxyl groups is 2. The Morgan fingerprint density at radius 1 is 0.852 bits per heavy atom. The third-order valence-corrected chi connectivity index (χ3v) is 4.31. The van der Waals surface area contributed by atoms with Crippen molar-refractivity contribution in [3.8, 4) is 11.4 Å². The molecular formula is C20H16ClN3O3. The van der Waals surface area contributed by atoms with Crippen molar-refractivity contribution in [1.82, 2.24) is 15.0 Å². The van der Waals surface area contributed by atoms with Gasteiger partial charge in [0.05, 0.1) is 0 Å². The van der Waals surface area contributed by atoms with Gasteiger partial charge in [-0.05, 0) is 35.9 Å². The van der Waals surface area contributed by atoms with Gasteiger partial charge in [0, 0.05) is 5.02 Å². The average molecular weight is 382 g/mol. The summed E-state index contributed by atoms with van der Waals surface area (Å²) in [5.41, 5.74) is 2.59. The Bertz CT molecular complexity index is 1030. The lowest BCUT2D eigenvalue weighted by Gasteiger charge is -2.22. The standard InChI is InChI=1S/C20H16ClN3O3/c21-14-10-11-18(27-19(20(25)26)13-6-2-1-3-7-13)17(12-14)24-22-15-8-4-5-9-16(15)23-24/h1-12,19-20,25-26H. The molecule has 4 aromatic rings. The van der Waals surface area contributed by atoms with E-state index in [0.29, 0.717) is 22.0 Å². The second kappa shape index (κ2) is 7.36. The Hall–Kier alpha value is -2.93. The monoisotopic (exact) mass is 381 g/mol. The molecule has 0 saturated heterocycles. The van der Waals surface area contributed by atoms with Crippen LogP contribution in [0, 0.1) is 0 Å². The highest BCUT2D eigenvalue weighted by atomic mass is 35.5. The summed E-state index contributed by atoms with van der Waals surface area (Å²) in [5.74, 6) is 0.377. The molecule has 0 saturated carbocycles. The van der Waals surface area contributed by atoms with Crippen molar-refractivity contribution in [2.24, 2.45) is 0 Å². The molecule has 1 atom stereocenters. The van der Waals surface area contributed by atoms with Crippen LogP contribution in [0.1, 0.15) is 11.7 Å². The number of halogens is 1. The first-order valence-electron chi connectivity index (χ1n) is 8.31. The minimum atomic E-state index is -1.71. The van der Waals surface area contributed by atoms with E-state index in [0.717, 1.165) is 11.0 Å². The Balaban J connectivity index is 1.77. The predicted molar refractivity (Wildman–Crippen MR) is 102 cm³/mol. The first-order valence-corrected chi connectivity index (χ1v) is 8.69. The normalized spacial score (nSPS) is 12.4. The van der Waals surface area contributed by atoms with E-state index >= 15 is 0 Å². The molecule has 136 valence electrons. The van der Waals surface area contributed by atoms with Crippen molar-refractivity contribution in [2.45, 2.75) is 12.4 Å². The summed E-state index contributed by atoms with van der Waals surface area (Å²) in [4.78, 5) is 1.43. The molecule has 1 aromatic heterocycles. The van der Waals surface area contributed by atoms with Crippen LogP contribution in [0.15, 0.2) is 72.8 Å². The summed E-state index contributed by atoms with van der Waals surface area (Å²) >= 11 is 6.16. The van der Waals surface area contributed by atoms with Gasteiger partial charge in [-0.25, -0.2) is 0 Å². The van der Waals surface area contributed by atoms with Crippen molar-refractivity contribution in [2.75, 3.05) is 0 Å². The summed E-state index contributed by atoms with van der Waals surface area (Å²) in [6.45, 7) is 0. The zero-order valence-electron chi connectivity index (χ0n) is 14.1. The maximum absolute atomic E-state index is 9.82. The Kier molecular flexibility index (Phi) is 4.77. The van der Waals surface area contributed by atoms with Gasteiger partial charge in [-0.3, -0.25) is 0 Å². The fourth-order valence-electron chi connectivity index (χ4n) is 2.79. The SMILES string of the molecule is OC(O)C(Oc1ccc(Cl)cc1-n1nc2ccccc2n1)c1ccccc1. The predicted octanol–water partition coefficient (Wildman–Crippen LogP) is 3.50. The molecule has 0 spiro atoms. The van der Waals surface area contributed by atoms with Crippen molar-refractivity contribution < 1.29 is 14.9 Å². The third-order valence-electron chi connectivity index (χ3n) is 4.08. The van der Waals surface area contributed by atoms with Gasteiger partial charge in [0.15, 0.2) is 12.4 Å². The summed E-state index contributed by atoms with van der Waals surface area (Å²) in [7, 11) is 0. The second-order valence-electron chi connectivity index (χ2n) is 5.95. The van der Waals surface area contributed by atoms with Gasteiger partial charge in [-0.2, -0.15) is 0 Å². The lowest BCUT2D eigenvalue weighted by molar-refractivity contribution is -0.114. The van der Waals surface area contributed by atoms with Gasteiger partial charge in [0.1, 0.15) is 22.5 Å². The summed E-state index contributed by atoms with van der Waals surface area (Å²) in [6.07, 6.45) is -2.68. The fourth-order valence-corrected chi connectivity index (χ4v) is 2.96. The van der Waals surface area contributed by atoms with Gasteiger partial charge in [0.25, 0.3) is 0 Å². The Morgan fingerprint density at radius 2 is 1.48 bits per heavy atom. The van der Waals surface area contributed by atoms with Crippen LogP contribution in [0.3, 0.4) is 0 Å². The van der Waals surface area contributed by atoms with Crippen LogP contribution in [0.2, 0.25) is 5.02 Å². The molecule has 2 N–H and O–H groups in total. The minimum Gasteiger partial charge on any atom is -0.478 e. The largest absolute Gasteiger partial charge is 0.478 e. The first kappa shape index (κ1) is 17.5. The van der Waals surface area contributed by atoms with Crippen molar-refractivity contribution in [3.05, 3.63) is 83.4 Å². The molecule has 1 unspecified atom stereocenters. The zero-order chi connectivity index (χ0) is 18.8. The number of hydrogen-bond donors (Lipinski definition) is 2. The third kappa shape index (κ3) is 3.64. The quantitative estimate of drug-likeness (QED) is 0.517. The van der Waals surface area contributed by atoms with E-state index in [9.17, 15) is 10.2 Å². The van der Waals surface area contributed by atoms with Gasteiger partial charge >= 0.3 is 0 Å². The number of aliphatic hydroxyl groups excluding tert-OH is 1. The number of benzene rings is 3. The molecule has 6 nitrogen and oxygen atoms in total. The van der Waals surface area contributed by atoms with Crippen molar-refractivity contribution in [3.63, 3.8) is 0 Å². The topological polar surface area (TPSA) is 80.4 Å². The van der Waals surface area contributed by atoms with Crippen LogP contribution in [-0.4, -0.2) is 31.5 Å². The second-order valence-corrected chi connectivity index (χ2v) is 6.39. The lowest BCUT2D eigenvalue weighted by atomic mass is 10.1. The highest BCUT2D eigenvalue weighted by molar-refractivity contribution is 6.30. The molecule has 0 amide bonds. The molecule has 1 heterocycles. The van der Waals surface area contributed by atoms with Gasteiger partial charge in [0.2, 0.25) is 0 Å². The smallest absolute Gasteiger partial charge is 0.194 e. The van der Waals surface area contributed by atoms with E-state index in [-0.39, 0.29) is 0 Å². The van der Waals surface area contributed by atoms with E-state index in [1.54, 1.807) is 42.5 Å². The maximum atomic E-state index is 9.82. The molecule has 0 bridgehead atoms. The number of hydrogen-bond acceptors (Lipinski definition) is 5. The van der Waals surface area contributed by atoms with E-state index in [1.165, 1.54) is 4.80 Å². The number of fused-ring (bicyclic) bond motifs is 1. The van der Waals surface area contributed by atoms with Crippen LogP contribution in [-0.2, 0) is 0 Å². The Morgan fingerprint density at radius 3 is 2.11 bits per heavy atom. The summed E-state index contributed by atoms with van der Waals surface area (Å²) in [5, 5.41) is 29.0. The molecule has 0 aliphatic rings. The van der Waals surface area contributed by atoms with Gasteiger partial charge < -0.3 is 14.9 Å². The molecule has 0 aliphatic heterocycles. The molecule has 27 heavy (non-hydrogen) atoms. The Labute approximate surface area is 160 Å². The summed E-state index contributed by atoms with van der Waals surface area (Å²) in [6, 6.07) is 21.4. The van der Waals surface area contributed by atoms with E-state index < -0.39 is 12.4 Å². The highest BCUT2D eigenvalue weighted by Gasteiger charge is 2.23. The molecule has 0 fully saturated rings. The number of rotatable bonds is 5. The molecule has 3 aromatic carbocycles. The fraction of sp³-hybridized carbons (Fsp3) is 0.100. The van der Waals surface area contributed by atoms with Gasteiger partial charge in [-0.15, -0.1) is 15.0 Å². The number of ether oxygens (including phenoxy) is 1. The van der Waals surface area contributed by atoms with Crippen LogP contribution in [0.25, 0.3) is 16.7 Å². The van der Waals surface area contributed by atoms with Gasteiger partial charge in [-0.1, -0.05) is 54.1 Å². The zero-order valence-corrected chi connectivity index (χ0v) is 14.9. The molecule has 7 heteroatoms. The molecule has 0 aliphatic carbocycles. The highest BCUT2D eigenvalue weighted by Crippen LogP contribution is 2.31. The van der Waals surface area contributed by atoms with Crippen LogP contribution >= 0.6 is 11.6 Å². The molecule has 4 rings (SSSR count). The molecule has 0 radical (unpaired) electrons. The van der Waals surface area contributed by atoms with Crippen LogP contribution < -0.4 is 4.74 Å². The molecular weight excluding hydrogens is 366 g/mol. The van der Waals surface area contributed by atoms with E-state index in [4.69, 9.17) is 16.3 Å².